The topological polar surface area (TPSA) is 81.4 Å². The summed E-state index contributed by atoms with van der Waals surface area (Å²) in [5.74, 6) is 1.62. The number of carbonyl (C=O) groups excluding carboxylic acids is 1. The van der Waals surface area contributed by atoms with Crippen LogP contribution in [0.5, 0.6) is 5.75 Å². The predicted molar refractivity (Wildman–Crippen MR) is 75.8 cm³/mol. The molecular formula is C13H18N2O3S. The van der Waals surface area contributed by atoms with Crippen LogP contribution in [0.2, 0.25) is 0 Å². The zero-order chi connectivity index (χ0) is 13.8. The van der Waals surface area contributed by atoms with Crippen LogP contribution in [0, 0.1) is 0 Å². The SMILES string of the molecule is COc1ccc(N)cc1C(=O)NC1CCS(=O)CC1. The molecule has 104 valence electrons. The van der Waals surface area contributed by atoms with Crippen molar-refractivity contribution in [3.63, 3.8) is 0 Å². The van der Waals surface area contributed by atoms with Gasteiger partial charge in [0.25, 0.3) is 5.91 Å². The standard InChI is InChI=1S/C13H18N2O3S/c1-18-12-3-2-9(14)8-11(12)13(16)15-10-4-6-19(17)7-5-10/h2-3,8,10H,4-7,14H2,1H3,(H,15,16). The van der Waals surface area contributed by atoms with Crippen molar-refractivity contribution in [2.45, 2.75) is 18.9 Å². The van der Waals surface area contributed by atoms with Gasteiger partial charge in [-0.3, -0.25) is 9.00 Å². The van der Waals surface area contributed by atoms with Crippen molar-refractivity contribution in [1.82, 2.24) is 5.32 Å². The van der Waals surface area contributed by atoms with E-state index in [2.05, 4.69) is 5.32 Å². The van der Waals surface area contributed by atoms with Crippen molar-refractivity contribution in [2.24, 2.45) is 0 Å². The largest absolute Gasteiger partial charge is 0.496 e. The Kier molecular flexibility index (Phi) is 4.42. The van der Waals surface area contributed by atoms with Gasteiger partial charge in [-0.25, -0.2) is 0 Å². The molecule has 0 radical (unpaired) electrons. The lowest BCUT2D eigenvalue weighted by Gasteiger charge is -2.23. The highest BCUT2D eigenvalue weighted by Gasteiger charge is 2.21. The lowest BCUT2D eigenvalue weighted by Crippen LogP contribution is -2.39. The molecule has 5 nitrogen and oxygen atoms in total. The van der Waals surface area contributed by atoms with Crippen LogP contribution < -0.4 is 15.8 Å². The smallest absolute Gasteiger partial charge is 0.255 e. The van der Waals surface area contributed by atoms with Crippen molar-refractivity contribution in [3.8, 4) is 5.75 Å². The summed E-state index contributed by atoms with van der Waals surface area (Å²) >= 11 is 0. The Hall–Kier alpha value is -1.56. The molecule has 0 aromatic heterocycles. The summed E-state index contributed by atoms with van der Waals surface area (Å²) in [5.41, 5.74) is 6.66. The Balaban J connectivity index is 2.07. The van der Waals surface area contributed by atoms with E-state index in [1.165, 1.54) is 7.11 Å². The monoisotopic (exact) mass is 282 g/mol. The Morgan fingerprint density at radius 2 is 2.11 bits per heavy atom. The van der Waals surface area contributed by atoms with Crippen LogP contribution >= 0.6 is 0 Å². The van der Waals surface area contributed by atoms with Gasteiger partial charge in [0, 0.05) is 34.0 Å². The summed E-state index contributed by atoms with van der Waals surface area (Å²) in [6, 6.07) is 5.06. The fourth-order valence-corrected chi connectivity index (χ4v) is 3.40. The quantitative estimate of drug-likeness (QED) is 0.808. The van der Waals surface area contributed by atoms with Gasteiger partial charge < -0.3 is 15.8 Å². The third kappa shape index (κ3) is 3.47. The number of nitrogens with one attached hydrogen (secondary N) is 1. The number of anilines is 1. The van der Waals surface area contributed by atoms with E-state index >= 15 is 0 Å². The Bertz CT molecular complexity index is 495. The first-order valence-corrected chi connectivity index (χ1v) is 7.68. The summed E-state index contributed by atoms with van der Waals surface area (Å²) in [7, 11) is 0.794. The van der Waals surface area contributed by atoms with Crippen molar-refractivity contribution >= 4 is 22.4 Å². The minimum Gasteiger partial charge on any atom is -0.496 e. The summed E-state index contributed by atoms with van der Waals surface area (Å²) in [4.78, 5) is 12.2. The number of ether oxygens (including phenoxy) is 1. The predicted octanol–water partition coefficient (Wildman–Crippen LogP) is 0.918. The van der Waals surface area contributed by atoms with Crippen molar-refractivity contribution in [3.05, 3.63) is 23.8 Å². The minimum absolute atomic E-state index is 0.0799. The highest BCUT2D eigenvalue weighted by Crippen LogP contribution is 2.21. The van der Waals surface area contributed by atoms with E-state index in [4.69, 9.17) is 10.5 Å². The van der Waals surface area contributed by atoms with Crippen LogP contribution in [0.3, 0.4) is 0 Å². The van der Waals surface area contributed by atoms with Crippen LogP contribution in [-0.2, 0) is 10.8 Å². The van der Waals surface area contributed by atoms with Gasteiger partial charge in [-0.1, -0.05) is 0 Å². The van der Waals surface area contributed by atoms with Crippen LogP contribution in [-0.4, -0.2) is 34.8 Å². The average molecular weight is 282 g/mol. The molecule has 2 rings (SSSR count). The van der Waals surface area contributed by atoms with Crippen LogP contribution in [0.25, 0.3) is 0 Å². The molecule has 1 fully saturated rings. The Morgan fingerprint density at radius 3 is 2.74 bits per heavy atom. The highest BCUT2D eigenvalue weighted by molar-refractivity contribution is 7.85. The van der Waals surface area contributed by atoms with E-state index < -0.39 is 10.8 Å². The van der Waals surface area contributed by atoms with Crippen LogP contribution in [0.1, 0.15) is 23.2 Å². The fourth-order valence-electron chi connectivity index (χ4n) is 2.10. The molecule has 1 aromatic rings. The molecule has 1 amide bonds. The van der Waals surface area contributed by atoms with Gasteiger partial charge in [0.05, 0.1) is 12.7 Å². The normalized spacial score (nSPS) is 22.8. The number of methoxy groups -OCH3 is 1. The molecule has 0 atom stereocenters. The second-order valence-corrected chi connectivity index (χ2v) is 6.25. The first-order valence-electron chi connectivity index (χ1n) is 6.19. The zero-order valence-electron chi connectivity index (χ0n) is 10.8. The summed E-state index contributed by atoms with van der Waals surface area (Å²) < 4.78 is 16.4. The van der Waals surface area contributed by atoms with Gasteiger partial charge >= 0.3 is 0 Å². The maximum Gasteiger partial charge on any atom is 0.255 e. The molecule has 6 heteroatoms. The molecule has 0 bridgehead atoms. The van der Waals surface area contributed by atoms with Crippen LogP contribution in [0.4, 0.5) is 5.69 Å². The van der Waals surface area contributed by atoms with E-state index in [0.717, 1.165) is 12.8 Å². The first-order chi connectivity index (χ1) is 9.10. The van der Waals surface area contributed by atoms with Gasteiger partial charge in [0.1, 0.15) is 5.75 Å². The number of amides is 1. The summed E-state index contributed by atoms with van der Waals surface area (Å²) in [6.45, 7) is 0. The van der Waals surface area contributed by atoms with Gasteiger partial charge in [-0.15, -0.1) is 0 Å². The van der Waals surface area contributed by atoms with E-state index in [1.807, 2.05) is 0 Å². The van der Waals surface area contributed by atoms with Gasteiger partial charge in [-0.2, -0.15) is 0 Å². The zero-order valence-corrected chi connectivity index (χ0v) is 11.7. The Morgan fingerprint density at radius 1 is 1.42 bits per heavy atom. The molecule has 0 unspecified atom stereocenters. The lowest BCUT2D eigenvalue weighted by atomic mass is 10.1. The second kappa shape index (κ2) is 6.06. The molecule has 19 heavy (non-hydrogen) atoms. The van der Waals surface area contributed by atoms with Crippen LogP contribution in [0.15, 0.2) is 18.2 Å². The maximum atomic E-state index is 12.2. The van der Waals surface area contributed by atoms with Crippen molar-refractivity contribution in [1.29, 1.82) is 0 Å². The van der Waals surface area contributed by atoms with E-state index in [9.17, 15) is 9.00 Å². The first kappa shape index (κ1) is 13.9. The number of carbonyl (C=O) groups is 1. The van der Waals surface area contributed by atoms with Gasteiger partial charge in [0.2, 0.25) is 0 Å². The molecule has 1 heterocycles. The number of hydrogen-bond acceptors (Lipinski definition) is 4. The molecular weight excluding hydrogens is 264 g/mol. The summed E-state index contributed by atoms with van der Waals surface area (Å²) in [5, 5.41) is 2.95. The molecule has 0 spiro atoms. The van der Waals surface area contributed by atoms with E-state index in [0.29, 0.717) is 28.5 Å². The average Bonchev–Trinajstić information content (AvgIpc) is 2.41. The van der Waals surface area contributed by atoms with Gasteiger partial charge in [0.15, 0.2) is 0 Å². The molecule has 3 N–H and O–H groups in total. The molecule has 1 aliphatic rings. The lowest BCUT2D eigenvalue weighted by molar-refractivity contribution is 0.0931. The third-order valence-electron chi connectivity index (χ3n) is 3.19. The van der Waals surface area contributed by atoms with Crippen molar-refractivity contribution in [2.75, 3.05) is 24.3 Å². The maximum absolute atomic E-state index is 12.2. The molecule has 1 aliphatic heterocycles. The number of nitrogens with two attached hydrogens (primary N) is 1. The Labute approximate surface area is 115 Å². The third-order valence-corrected chi connectivity index (χ3v) is 4.57. The molecule has 0 saturated carbocycles. The number of nitrogen functional groups attached to an aromatic ring is 1. The molecule has 1 aromatic carbocycles. The number of benzene rings is 1. The fraction of sp³-hybridized carbons (Fsp3) is 0.462. The molecule has 0 aliphatic carbocycles. The van der Waals surface area contributed by atoms with E-state index in [-0.39, 0.29) is 11.9 Å². The second-order valence-electron chi connectivity index (χ2n) is 4.56. The van der Waals surface area contributed by atoms with E-state index in [1.54, 1.807) is 18.2 Å². The summed E-state index contributed by atoms with van der Waals surface area (Å²) in [6.07, 6.45) is 1.51. The number of rotatable bonds is 3. The number of hydrogen-bond donors (Lipinski definition) is 2. The van der Waals surface area contributed by atoms with Gasteiger partial charge in [-0.05, 0) is 31.0 Å². The highest BCUT2D eigenvalue weighted by atomic mass is 32.2. The van der Waals surface area contributed by atoms with Crippen molar-refractivity contribution < 1.29 is 13.7 Å². The minimum atomic E-state index is -0.726. The molecule has 1 saturated heterocycles.